The second-order valence-electron chi connectivity index (χ2n) is 6.57. The molecule has 0 aliphatic rings. The Balaban J connectivity index is 1.66. The summed E-state index contributed by atoms with van der Waals surface area (Å²) in [7, 11) is 0. The summed E-state index contributed by atoms with van der Waals surface area (Å²) in [5.41, 5.74) is 6.26. The Labute approximate surface area is 161 Å². The van der Waals surface area contributed by atoms with Gasteiger partial charge in [-0.1, -0.05) is 56.3 Å². The summed E-state index contributed by atoms with van der Waals surface area (Å²) in [6.45, 7) is 4.95. The zero-order valence-electron chi connectivity index (χ0n) is 16.0. The Morgan fingerprint density at radius 1 is 0.815 bits per heavy atom. The first kappa shape index (κ1) is 18.7. The second kappa shape index (κ2) is 9.04. The van der Waals surface area contributed by atoms with Crippen molar-refractivity contribution in [2.24, 2.45) is 0 Å². The Hall–Kier alpha value is -3.07. The fraction of sp³-hybridized carbons (Fsp3) is 0.208. The van der Waals surface area contributed by atoms with Crippen molar-refractivity contribution in [1.29, 1.82) is 0 Å². The zero-order chi connectivity index (χ0) is 19.1. The van der Waals surface area contributed by atoms with Crippen LogP contribution in [-0.4, -0.2) is 5.91 Å². The van der Waals surface area contributed by atoms with Crippen LogP contribution >= 0.6 is 0 Å². The molecule has 3 rings (SSSR count). The van der Waals surface area contributed by atoms with Crippen LogP contribution < -0.4 is 10.6 Å². The smallest absolute Gasteiger partial charge is 0.255 e. The molecule has 138 valence electrons. The van der Waals surface area contributed by atoms with Gasteiger partial charge < -0.3 is 10.6 Å². The van der Waals surface area contributed by atoms with E-state index in [0.717, 1.165) is 29.8 Å². The van der Waals surface area contributed by atoms with Gasteiger partial charge in [-0.25, -0.2) is 0 Å². The van der Waals surface area contributed by atoms with Crippen LogP contribution in [0.4, 0.5) is 11.4 Å². The monoisotopic (exact) mass is 358 g/mol. The number of amides is 1. The quantitative estimate of drug-likeness (QED) is 0.571. The lowest BCUT2D eigenvalue weighted by Crippen LogP contribution is -2.12. The predicted octanol–water partition coefficient (Wildman–Crippen LogP) is 5.68. The molecular weight excluding hydrogens is 332 g/mol. The number of rotatable bonds is 7. The number of para-hydroxylation sites is 1. The van der Waals surface area contributed by atoms with Crippen LogP contribution in [0.15, 0.2) is 72.8 Å². The van der Waals surface area contributed by atoms with E-state index in [0.29, 0.717) is 12.1 Å². The standard InChI is InChI=1S/C24H26N2O/c1-3-18-12-14-22(15-13-18)26-24(27)21-10-7-8-19(16-21)17-25-23-11-6-5-9-20(23)4-2/h5-16,25H,3-4,17H2,1-2H3,(H,26,27). The molecule has 3 nitrogen and oxygen atoms in total. The molecule has 0 atom stereocenters. The Morgan fingerprint density at radius 2 is 1.59 bits per heavy atom. The first-order chi connectivity index (χ1) is 13.2. The van der Waals surface area contributed by atoms with E-state index in [1.807, 2.05) is 54.6 Å². The summed E-state index contributed by atoms with van der Waals surface area (Å²) in [6, 6.07) is 24.1. The molecule has 0 aliphatic carbocycles. The van der Waals surface area contributed by atoms with Gasteiger partial charge in [0, 0.05) is 23.5 Å². The third-order valence-corrected chi connectivity index (χ3v) is 4.69. The van der Waals surface area contributed by atoms with Gasteiger partial charge in [-0.05, 0) is 59.9 Å². The zero-order valence-corrected chi connectivity index (χ0v) is 16.0. The predicted molar refractivity (Wildman–Crippen MR) is 113 cm³/mol. The number of hydrogen-bond donors (Lipinski definition) is 2. The van der Waals surface area contributed by atoms with Gasteiger partial charge in [0.1, 0.15) is 0 Å². The molecule has 0 fully saturated rings. The average Bonchev–Trinajstić information content (AvgIpc) is 2.73. The molecule has 0 aliphatic heterocycles. The summed E-state index contributed by atoms with van der Waals surface area (Å²) in [5, 5.41) is 6.45. The lowest BCUT2D eigenvalue weighted by atomic mass is 10.1. The topological polar surface area (TPSA) is 41.1 Å². The molecule has 0 saturated heterocycles. The normalized spacial score (nSPS) is 10.4. The first-order valence-corrected chi connectivity index (χ1v) is 9.50. The number of nitrogens with one attached hydrogen (secondary N) is 2. The molecule has 3 heteroatoms. The molecule has 1 amide bonds. The van der Waals surface area contributed by atoms with E-state index in [-0.39, 0.29) is 5.91 Å². The van der Waals surface area contributed by atoms with Gasteiger partial charge >= 0.3 is 0 Å². The van der Waals surface area contributed by atoms with Crippen molar-refractivity contribution >= 4 is 17.3 Å². The Morgan fingerprint density at radius 3 is 2.33 bits per heavy atom. The maximum Gasteiger partial charge on any atom is 0.255 e. The van der Waals surface area contributed by atoms with Crippen LogP contribution in [0.2, 0.25) is 0 Å². The average molecular weight is 358 g/mol. The van der Waals surface area contributed by atoms with Gasteiger partial charge in [-0.3, -0.25) is 4.79 Å². The highest BCUT2D eigenvalue weighted by atomic mass is 16.1. The van der Waals surface area contributed by atoms with E-state index < -0.39 is 0 Å². The van der Waals surface area contributed by atoms with Gasteiger partial charge in [0.25, 0.3) is 5.91 Å². The van der Waals surface area contributed by atoms with E-state index in [1.165, 1.54) is 11.1 Å². The van der Waals surface area contributed by atoms with Gasteiger partial charge in [0.05, 0.1) is 0 Å². The maximum atomic E-state index is 12.6. The number of aryl methyl sites for hydroxylation is 2. The third-order valence-electron chi connectivity index (χ3n) is 4.69. The van der Waals surface area contributed by atoms with Crippen LogP contribution in [0.25, 0.3) is 0 Å². The highest BCUT2D eigenvalue weighted by Gasteiger charge is 2.07. The van der Waals surface area contributed by atoms with Crippen molar-refractivity contribution < 1.29 is 4.79 Å². The first-order valence-electron chi connectivity index (χ1n) is 9.50. The molecule has 0 aromatic heterocycles. The lowest BCUT2D eigenvalue weighted by molar-refractivity contribution is 0.102. The number of hydrogen-bond acceptors (Lipinski definition) is 2. The molecular formula is C24H26N2O. The fourth-order valence-corrected chi connectivity index (χ4v) is 3.05. The molecule has 3 aromatic carbocycles. The minimum absolute atomic E-state index is 0.0879. The molecule has 0 spiro atoms. The van der Waals surface area contributed by atoms with Gasteiger partial charge in [0.15, 0.2) is 0 Å². The van der Waals surface area contributed by atoms with Crippen molar-refractivity contribution in [3.05, 3.63) is 95.1 Å². The van der Waals surface area contributed by atoms with Crippen molar-refractivity contribution in [2.75, 3.05) is 10.6 Å². The molecule has 27 heavy (non-hydrogen) atoms. The van der Waals surface area contributed by atoms with Crippen molar-refractivity contribution in [1.82, 2.24) is 0 Å². The van der Waals surface area contributed by atoms with Gasteiger partial charge in [0.2, 0.25) is 0 Å². The molecule has 0 heterocycles. The number of carbonyl (C=O) groups excluding carboxylic acids is 1. The lowest BCUT2D eigenvalue weighted by Gasteiger charge is -2.12. The number of benzene rings is 3. The SMILES string of the molecule is CCc1ccc(NC(=O)c2cccc(CNc3ccccc3CC)c2)cc1. The summed E-state index contributed by atoms with van der Waals surface area (Å²) in [5.74, 6) is -0.0879. The number of anilines is 2. The van der Waals surface area contributed by atoms with Crippen LogP contribution in [0.1, 0.15) is 40.9 Å². The van der Waals surface area contributed by atoms with Crippen LogP contribution in [0.3, 0.4) is 0 Å². The van der Waals surface area contributed by atoms with E-state index in [9.17, 15) is 4.79 Å². The fourth-order valence-electron chi connectivity index (χ4n) is 3.05. The highest BCUT2D eigenvalue weighted by molar-refractivity contribution is 6.04. The summed E-state index contributed by atoms with van der Waals surface area (Å²) in [6.07, 6.45) is 1.98. The van der Waals surface area contributed by atoms with Gasteiger partial charge in [-0.15, -0.1) is 0 Å². The van der Waals surface area contributed by atoms with Crippen molar-refractivity contribution in [3.8, 4) is 0 Å². The third kappa shape index (κ3) is 4.98. The Bertz CT molecular complexity index is 900. The molecule has 0 radical (unpaired) electrons. The summed E-state index contributed by atoms with van der Waals surface area (Å²) < 4.78 is 0. The van der Waals surface area contributed by atoms with Crippen LogP contribution in [-0.2, 0) is 19.4 Å². The highest BCUT2D eigenvalue weighted by Crippen LogP contribution is 2.17. The number of carbonyl (C=O) groups is 1. The van der Waals surface area contributed by atoms with E-state index in [2.05, 4.69) is 42.7 Å². The minimum atomic E-state index is -0.0879. The minimum Gasteiger partial charge on any atom is -0.381 e. The Kier molecular flexibility index (Phi) is 6.26. The maximum absolute atomic E-state index is 12.6. The van der Waals surface area contributed by atoms with Crippen molar-refractivity contribution in [2.45, 2.75) is 33.2 Å². The van der Waals surface area contributed by atoms with Crippen LogP contribution in [0.5, 0.6) is 0 Å². The summed E-state index contributed by atoms with van der Waals surface area (Å²) in [4.78, 5) is 12.6. The largest absolute Gasteiger partial charge is 0.381 e. The molecule has 2 N–H and O–H groups in total. The summed E-state index contributed by atoms with van der Waals surface area (Å²) >= 11 is 0. The molecule has 0 unspecified atom stereocenters. The van der Waals surface area contributed by atoms with E-state index in [4.69, 9.17) is 0 Å². The molecule has 0 saturated carbocycles. The van der Waals surface area contributed by atoms with E-state index >= 15 is 0 Å². The molecule has 3 aromatic rings. The second-order valence-corrected chi connectivity index (χ2v) is 6.57. The van der Waals surface area contributed by atoms with Gasteiger partial charge in [-0.2, -0.15) is 0 Å². The van der Waals surface area contributed by atoms with Crippen LogP contribution in [0, 0.1) is 0 Å². The van der Waals surface area contributed by atoms with Crippen molar-refractivity contribution in [3.63, 3.8) is 0 Å². The van der Waals surface area contributed by atoms with E-state index in [1.54, 1.807) is 0 Å². The molecule has 0 bridgehead atoms.